The predicted molar refractivity (Wildman–Crippen MR) is 119 cm³/mol. The van der Waals surface area contributed by atoms with Crippen molar-refractivity contribution in [2.45, 2.75) is 25.7 Å². The average Bonchev–Trinajstić information content (AvgIpc) is 3.56. The number of carbonyl (C=O) groups excluding carboxylic acids is 1. The first-order valence-corrected chi connectivity index (χ1v) is 11.4. The lowest BCUT2D eigenvalue weighted by atomic mass is 10.2. The molecule has 1 saturated carbocycles. The topological polar surface area (TPSA) is 62.2 Å². The van der Waals surface area contributed by atoms with Gasteiger partial charge in [-0.05, 0) is 38.0 Å². The van der Waals surface area contributed by atoms with E-state index in [1.165, 1.54) is 24.2 Å². The molecule has 30 heavy (non-hydrogen) atoms. The van der Waals surface area contributed by atoms with Crippen LogP contribution in [0.15, 0.2) is 36.4 Å². The van der Waals surface area contributed by atoms with E-state index >= 15 is 0 Å². The van der Waals surface area contributed by atoms with E-state index in [0.29, 0.717) is 28.9 Å². The highest BCUT2D eigenvalue weighted by Gasteiger charge is 2.28. The van der Waals surface area contributed by atoms with Crippen LogP contribution in [0, 0.1) is 6.92 Å². The van der Waals surface area contributed by atoms with Crippen LogP contribution in [-0.2, 0) is 0 Å². The highest BCUT2D eigenvalue weighted by atomic mass is 35.5. The molecule has 1 saturated heterocycles. The van der Waals surface area contributed by atoms with Gasteiger partial charge in [0.1, 0.15) is 9.88 Å². The lowest BCUT2D eigenvalue weighted by Crippen LogP contribution is -2.49. The van der Waals surface area contributed by atoms with Gasteiger partial charge in [0.15, 0.2) is 5.82 Å². The predicted octanol–water partition coefficient (Wildman–Crippen LogP) is 4.40. The van der Waals surface area contributed by atoms with Crippen molar-refractivity contribution in [2.75, 3.05) is 31.1 Å². The Kier molecular flexibility index (Phi) is 5.16. The lowest BCUT2D eigenvalue weighted by Gasteiger charge is -2.35. The van der Waals surface area contributed by atoms with Crippen molar-refractivity contribution in [3.63, 3.8) is 0 Å². The number of thiazole rings is 1. The van der Waals surface area contributed by atoms with Crippen LogP contribution in [-0.4, -0.2) is 52.2 Å². The van der Waals surface area contributed by atoms with Gasteiger partial charge in [-0.2, -0.15) is 5.10 Å². The number of rotatable bonds is 4. The molecule has 5 rings (SSSR count). The third kappa shape index (κ3) is 3.79. The maximum Gasteiger partial charge on any atom is 0.265 e. The SMILES string of the molecule is Cc1nc(-c2ccccc2Cl)sc1C(=O)N1CCN(c2ccc(C3CC3)nn2)CC1. The second-order valence-corrected chi connectivity index (χ2v) is 9.19. The fourth-order valence-electron chi connectivity index (χ4n) is 3.73. The van der Waals surface area contributed by atoms with Gasteiger partial charge in [0, 0.05) is 37.7 Å². The number of amides is 1. The zero-order valence-electron chi connectivity index (χ0n) is 16.7. The van der Waals surface area contributed by atoms with Gasteiger partial charge in [-0.1, -0.05) is 29.8 Å². The average molecular weight is 440 g/mol. The molecule has 0 unspecified atom stereocenters. The van der Waals surface area contributed by atoms with Crippen LogP contribution in [0.25, 0.3) is 10.6 Å². The first kappa shape index (κ1) is 19.5. The van der Waals surface area contributed by atoms with Gasteiger partial charge in [0.2, 0.25) is 0 Å². The van der Waals surface area contributed by atoms with Gasteiger partial charge >= 0.3 is 0 Å². The second-order valence-electron chi connectivity index (χ2n) is 7.78. The Morgan fingerprint density at radius 1 is 1.07 bits per heavy atom. The Hall–Kier alpha value is -2.51. The van der Waals surface area contributed by atoms with Crippen LogP contribution in [0.3, 0.4) is 0 Å². The molecule has 8 heteroatoms. The summed E-state index contributed by atoms with van der Waals surface area (Å²) in [6.45, 7) is 4.70. The normalized spacial score (nSPS) is 16.7. The molecule has 2 fully saturated rings. The third-order valence-corrected chi connectivity index (χ3v) is 7.16. The van der Waals surface area contributed by atoms with Gasteiger partial charge in [-0.15, -0.1) is 16.4 Å². The van der Waals surface area contributed by atoms with Crippen molar-refractivity contribution in [3.05, 3.63) is 57.7 Å². The Labute approximate surface area is 184 Å². The summed E-state index contributed by atoms with van der Waals surface area (Å²) in [5, 5.41) is 10.2. The second kappa shape index (κ2) is 7.96. The summed E-state index contributed by atoms with van der Waals surface area (Å²) in [5.74, 6) is 1.54. The summed E-state index contributed by atoms with van der Waals surface area (Å²) in [4.78, 5) is 22.5. The maximum atomic E-state index is 13.1. The molecule has 2 aliphatic rings. The van der Waals surface area contributed by atoms with E-state index in [1.807, 2.05) is 36.1 Å². The number of hydrogen-bond acceptors (Lipinski definition) is 6. The van der Waals surface area contributed by atoms with Crippen molar-refractivity contribution in [1.29, 1.82) is 0 Å². The molecule has 0 radical (unpaired) electrons. The van der Waals surface area contributed by atoms with Gasteiger partial charge in [0.25, 0.3) is 5.91 Å². The highest BCUT2D eigenvalue weighted by Crippen LogP contribution is 2.38. The summed E-state index contributed by atoms with van der Waals surface area (Å²) < 4.78 is 0. The molecule has 0 N–H and O–H groups in total. The first-order valence-electron chi connectivity index (χ1n) is 10.2. The number of benzene rings is 1. The molecule has 1 aliphatic carbocycles. The number of aromatic nitrogens is 3. The molecule has 1 amide bonds. The van der Waals surface area contributed by atoms with Crippen LogP contribution in [0.2, 0.25) is 5.02 Å². The maximum absolute atomic E-state index is 13.1. The largest absolute Gasteiger partial charge is 0.352 e. The zero-order chi connectivity index (χ0) is 20.7. The molecule has 6 nitrogen and oxygen atoms in total. The molecular formula is C22H22ClN5OS. The van der Waals surface area contributed by atoms with Gasteiger partial charge in [-0.25, -0.2) is 4.98 Å². The Morgan fingerprint density at radius 3 is 2.50 bits per heavy atom. The van der Waals surface area contributed by atoms with E-state index in [1.54, 1.807) is 0 Å². The van der Waals surface area contributed by atoms with Gasteiger partial charge in [0.05, 0.1) is 16.4 Å². The van der Waals surface area contributed by atoms with Crippen LogP contribution < -0.4 is 4.90 Å². The lowest BCUT2D eigenvalue weighted by molar-refractivity contribution is 0.0750. The van der Waals surface area contributed by atoms with Crippen LogP contribution in [0.5, 0.6) is 0 Å². The van der Waals surface area contributed by atoms with Crippen LogP contribution in [0.1, 0.15) is 39.8 Å². The van der Waals surface area contributed by atoms with E-state index in [9.17, 15) is 4.79 Å². The van der Waals surface area contributed by atoms with Crippen molar-refractivity contribution >= 4 is 34.7 Å². The fraction of sp³-hybridized carbons (Fsp3) is 0.364. The van der Waals surface area contributed by atoms with E-state index in [4.69, 9.17) is 11.6 Å². The van der Waals surface area contributed by atoms with E-state index < -0.39 is 0 Å². The summed E-state index contributed by atoms with van der Waals surface area (Å²) in [6.07, 6.45) is 2.45. The zero-order valence-corrected chi connectivity index (χ0v) is 18.3. The molecule has 2 aromatic heterocycles. The summed E-state index contributed by atoms with van der Waals surface area (Å²) in [6, 6.07) is 11.7. The fourth-order valence-corrected chi connectivity index (χ4v) is 5.08. The monoisotopic (exact) mass is 439 g/mol. The molecule has 1 aliphatic heterocycles. The van der Waals surface area contributed by atoms with E-state index in [0.717, 1.165) is 40.9 Å². The number of anilines is 1. The van der Waals surface area contributed by atoms with Gasteiger partial charge in [-0.3, -0.25) is 4.79 Å². The van der Waals surface area contributed by atoms with Crippen LogP contribution in [0.4, 0.5) is 5.82 Å². The molecule has 1 aromatic carbocycles. The molecule has 0 bridgehead atoms. The number of hydrogen-bond donors (Lipinski definition) is 0. The minimum Gasteiger partial charge on any atom is -0.352 e. The highest BCUT2D eigenvalue weighted by molar-refractivity contribution is 7.17. The standard InChI is InChI=1S/C22H22ClN5OS/c1-14-20(30-21(24-14)16-4-2-3-5-17(16)23)22(29)28-12-10-27(11-13-28)19-9-8-18(25-26-19)15-6-7-15/h2-5,8-9,15H,6-7,10-13H2,1H3. The van der Waals surface area contributed by atoms with Crippen LogP contribution >= 0.6 is 22.9 Å². The van der Waals surface area contributed by atoms with Crippen molar-refractivity contribution in [3.8, 4) is 10.6 Å². The summed E-state index contributed by atoms with van der Waals surface area (Å²) in [5.41, 5.74) is 2.72. The smallest absolute Gasteiger partial charge is 0.265 e. The minimum atomic E-state index is 0.0399. The summed E-state index contributed by atoms with van der Waals surface area (Å²) >= 11 is 7.72. The first-order chi connectivity index (χ1) is 14.6. The molecule has 0 atom stereocenters. The third-order valence-electron chi connectivity index (χ3n) is 5.65. The molecule has 3 aromatic rings. The van der Waals surface area contributed by atoms with E-state index in [-0.39, 0.29) is 5.91 Å². The van der Waals surface area contributed by atoms with Crippen molar-refractivity contribution in [2.24, 2.45) is 0 Å². The van der Waals surface area contributed by atoms with Crippen molar-refractivity contribution in [1.82, 2.24) is 20.1 Å². The Bertz CT molecular complexity index is 1070. The number of nitrogens with zero attached hydrogens (tertiary/aromatic N) is 5. The molecule has 154 valence electrons. The molecular weight excluding hydrogens is 418 g/mol. The number of halogens is 1. The molecule has 3 heterocycles. The quantitative estimate of drug-likeness (QED) is 0.602. The number of aryl methyl sites for hydroxylation is 1. The van der Waals surface area contributed by atoms with E-state index in [2.05, 4.69) is 32.2 Å². The number of piperazine rings is 1. The molecule has 0 spiro atoms. The number of carbonyl (C=O) groups is 1. The minimum absolute atomic E-state index is 0.0399. The Balaban J connectivity index is 1.26. The summed E-state index contributed by atoms with van der Waals surface area (Å²) in [7, 11) is 0. The van der Waals surface area contributed by atoms with Gasteiger partial charge < -0.3 is 9.80 Å². The van der Waals surface area contributed by atoms with Crippen molar-refractivity contribution < 1.29 is 4.79 Å². The Morgan fingerprint density at radius 2 is 1.83 bits per heavy atom.